The summed E-state index contributed by atoms with van der Waals surface area (Å²) in [5.74, 6) is 3.03. The van der Waals surface area contributed by atoms with Crippen molar-refractivity contribution in [3.63, 3.8) is 0 Å². The lowest BCUT2D eigenvalue weighted by atomic mass is 9.91. The Morgan fingerprint density at radius 1 is 1.22 bits per heavy atom. The number of anilines is 3. The van der Waals surface area contributed by atoms with Crippen LogP contribution in [0.2, 0.25) is 0 Å². The Hall–Kier alpha value is -2.69. The molecule has 4 rings (SSSR count). The Bertz CT molecular complexity index is 839. The summed E-state index contributed by atoms with van der Waals surface area (Å²) in [6.45, 7) is 3.43. The van der Waals surface area contributed by atoms with Gasteiger partial charge in [0.05, 0.1) is 11.6 Å². The molecule has 2 saturated heterocycles. The molecule has 0 unspecified atom stereocenters. The Kier molecular flexibility index (Phi) is 5.19. The molecular weight excluding hydrogens is 342 g/mol. The van der Waals surface area contributed by atoms with Crippen LogP contribution >= 0.6 is 0 Å². The van der Waals surface area contributed by atoms with Crippen molar-refractivity contribution in [2.24, 2.45) is 5.92 Å². The van der Waals surface area contributed by atoms with Crippen LogP contribution in [0.5, 0.6) is 0 Å². The normalized spacial score (nSPS) is 18.0. The maximum absolute atomic E-state index is 9.30. The molecule has 7 heteroatoms. The van der Waals surface area contributed by atoms with Gasteiger partial charge in [-0.1, -0.05) is 0 Å². The Labute approximate surface area is 158 Å². The third kappa shape index (κ3) is 4.02. The van der Waals surface area contributed by atoms with Gasteiger partial charge in [-0.15, -0.1) is 0 Å². The lowest BCUT2D eigenvalue weighted by Gasteiger charge is -2.39. The van der Waals surface area contributed by atoms with Crippen LogP contribution in [0.3, 0.4) is 0 Å². The molecule has 0 aromatic carbocycles. The van der Waals surface area contributed by atoms with Crippen LogP contribution < -0.4 is 10.2 Å². The van der Waals surface area contributed by atoms with Crippen molar-refractivity contribution < 1.29 is 9.84 Å². The number of aliphatic hydroxyl groups excluding tert-OH is 1. The first kappa shape index (κ1) is 17.7. The van der Waals surface area contributed by atoms with Crippen molar-refractivity contribution in [2.45, 2.75) is 18.8 Å². The standard InChI is InChI=1S/C20H23N5O2/c21-10-14-1-4-22-18(7-14)23-19-8-17(16-2-5-27-6-3-16)9-20(24-19)25-11-15(12-25)13-26/h1,4,7-9,15-16,26H,2-3,5-6,11-13H2,(H,22,23,24). The first-order valence-electron chi connectivity index (χ1n) is 9.34. The van der Waals surface area contributed by atoms with E-state index in [9.17, 15) is 5.11 Å². The molecule has 2 aliphatic heterocycles. The van der Waals surface area contributed by atoms with E-state index >= 15 is 0 Å². The van der Waals surface area contributed by atoms with E-state index in [0.717, 1.165) is 50.8 Å². The minimum atomic E-state index is 0.214. The van der Waals surface area contributed by atoms with Gasteiger partial charge in [0.2, 0.25) is 0 Å². The number of aromatic nitrogens is 2. The van der Waals surface area contributed by atoms with Crippen LogP contribution in [0.1, 0.15) is 29.9 Å². The molecule has 2 aromatic heterocycles. The Balaban J connectivity index is 1.61. The van der Waals surface area contributed by atoms with Gasteiger partial charge in [-0.05, 0) is 48.6 Å². The van der Waals surface area contributed by atoms with E-state index in [0.29, 0.717) is 23.2 Å². The molecule has 0 atom stereocenters. The molecule has 4 heterocycles. The maximum atomic E-state index is 9.30. The average molecular weight is 365 g/mol. The summed E-state index contributed by atoms with van der Waals surface area (Å²) in [6.07, 6.45) is 3.63. The van der Waals surface area contributed by atoms with E-state index in [1.54, 1.807) is 18.3 Å². The highest BCUT2D eigenvalue weighted by atomic mass is 16.5. The average Bonchev–Trinajstić information content (AvgIpc) is 2.68. The zero-order chi connectivity index (χ0) is 18.6. The molecule has 7 nitrogen and oxygen atoms in total. The second-order valence-electron chi connectivity index (χ2n) is 7.15. The van der Waals surface area contributed by atoms with Crippen molar-refractivity contribution in [1.82, 2.24) is 9.97 Å². The topological polar surface area (TPSA) is 94.3 Å². The third-order valence-corrected chi connectivity index (χ3v) is 5.21. The van der Waals surface area contributed by atoms with E-state index in [2.05, 4.69) is 33.4 Å². The summed E-state index contributed by atoms with van der Waals surface area (Å²) in [6, 6.07) is 9.76. The molecule has 0 amide bonds. The molecule has 2 fully saturated rings. The smallest absolute Gasteiger partial charge is 0.134 e. The summed E-state index contributed by atoms with van der Waals surface area (Å²) < 4.78 is 5.50. The molecule has 2 aromatic rings. The fraction of sp³-hybridized carbons (Fsp3) is 0.450. The molecule has 0 spiro atoms. The molecule has 27 heavy (non-hydrogen) atoms. The van der Waals surface area contributed by atoms with E-state index in [1.165, 1.54) is 5.56 Å². The number of nitrogens with zero attached hydrogens (tertiary/aromatic N) is 4. The number of nitrogens with one attached hydrogen (secondary N) is 1. The van der Waals surface area contributed by atoms with Crippen molar-refractivity contribution in [1.29, 1.82) is 5.26 Å². The summed E-state index contributed by atoms with van der Waals surface area (Å²) >= 11 is 0. The van der Waals surface area contributed by atoms with Crippen molar-refractivity contribution in [2.75, 3.05) is 43.1 Å². The highest BCUT2D eigenvalue weighted by Gasteiger charge is 2.28. The van der Waals surface area contributed by atoms with Gasteiger partial charge in [-0.2, -0.15) is 5.26 Å². The SMILES string of the molecule is N#Cc1ccnc(Nc2cc(C3CCOCC3)cc(N3CC(CO)C3)n2)c1. The predicted octanol–water partition coefficient (Wildman–Crippen LogP) is 2.41. The molecule has 0 bridgehead atoms. The van der Waals surface area contributed by atoms with Crippen LogP contribution in [-0.4, -0.2) is 48.0 Å². The molecule has 2 N–H and O–H groups in total. The first-order chi connectivity index (χ1) is 13.2. The number of pyridine rings is 2. The molecule has 0 saturated carbocycles. The molecular formula is C20H23N5O2. The zero-order valence-electron chi connectivity index (χ0n) is 15.1. The summed E-state index contributed by atoms with van der Waals surface area (Å²) in [5, 5.41) is 21.6. The first-order valence-corrected chi connectivity index (χ1v) is 9.34. The molecule has 0 radical (unpaired) electrons. The van der Waals surface area contributed by atoms with E-state index < -0.39 is 0 Å². The quantitative estimate of drug-likeness (QED) is 0.840. The maximum Gasteiger partial charge on any atom is 0.134 e. The lowest BCUT2D eigenvalue weighted by molar-refractivity contribution is 0.0853. The number of aliphatic hydroxyl groups is 1. The van der Waals surface area contributed by atoms with Gasteiger partial charge >= 0.3 is 0 Å². The predicted molar refractivity (Wildman–Crippen MR) is 102 cm³/mol. The van der Waals surface area contributed by atoms with Gasteiger partial charge in [-0.3, -0.25) is 0 Å². The minimum Gasteiger partial charge on any atom is -0.396 e. The number of ether oxygens (including phenoxy) is 1. The number of rotatable bonds is 5. The van der Waals surface area contributed by atoms with Gasteiger partial charge in [0.25, 0.3) is 0 Å². The van der Waals surface area contributed by atoms with Crippen molar-refractivity contribution in [3.05, 3.63) is 41.6 Å². The van der Waals surface area contributed by atoms with Gasteiger partial charge < -0.3 is 20.1 Å². The highest BCUT2D eigenvalue weighted by molar-refractivity contribution is 5.59. The van der Waals surface area contributed by atoms with Gasteiger partial charge in [-0.25, -0.2) is 9.97 Å². The number of nitriles is 1. The lowest BCUT2D eigenvalue weighted by Crippen LogP contribution is -2.48. The minimum absolute atomic E-state index is 0.214. The Morgan fingerprint density at radius 2 is 2.04 bits per heavy atom. The van der Waals surface area contributed by atoms with E-state index in [-0.39, 0.29) is 6.61 Å². The summed E-state index contributed by atoms with van der Waals surface area (Å²) in [7, 11) is 0. The zero-order valence-corrected chi connectivity index (χ0v) is 15.1. The summed E-state index contributed by atoms with van der Waals surface area (Å²) in [4.78, 5) is 11.2. The van der Waals surface area contributed by atoms with Gasteiger partial charge in [0.15, 0.2) is 0 Å². The highest BCUT2D eigenvalue weighted by Crippen LogP contribution is 2.33. The second kappa shape index (κ2) is 7.91. The third-order valence-electron chi connectivity index (χ3n) is 5.21. The number of hydrogen-bond donors (Lipinski definition) is 2. The van der Waals surface area contributed by atoms with Gasteiger partial charge in [0.1, 0.15) is 17.5 Å². The van der Waals surface area contributed by atoms with Crippen molar-refractivity contribution >= 4 is 17.5 Å². The van der Waals surface area contributed by atoms with Crippen molar-refractivity contribution in [3.8, 4) is 6.07 Å². The van der Waals surface area contributed by atoms with Crippen LogP contribution in [0.25, 0.3) is 0 Å². The van der Waals surface area contributed by atoms with E-state index in [1.807, 2.05) is 0 Å². The molecule has 2 aliphatic rings. The molecule has 0 aliphatic carbocycles. The largest absolute Gasteiger partial charge is 0.396 e. The van der Waals surface area contributed by atoms with Crippen LogP contribution in [0.15, 0.2) is 30.5 Å². The fourth-order valence-corrected chi connectivity index (χ4v) is 3.60. The summed E-state index contributed by atoms with van der Waals surface area (Å²) in [5.41, 5.74) is 1.80. The fourth-order valence-electron chi connectivity index (χ4n) is 3.60. The molecule has 140 valence electrons. The monoisotopic (exact) mass is 365 g/mol. The van der Waals surface area contributed by atoms with Crippen LogP contribution in [0, 0.1) is 17.2 Å². The van der Waals surface area contributed by atoms with E-state index in [4.69, 9.17) is 15.0 Å². The second-order valence-corrected chi connectivity index (χ2v) is 7.15. The van der Waals surface area contributed by atoms with Crippen LogP contribution in [-0.2, 0) is 4.74 Å². The number of hydrogen-bond acceptors (Lipinski definition) is 7. The van der Waals surface area contributed by atoms with Gasteiger partial charge in [0, 0.05) is 45.0 Å². The Morgan fingerprint density at radius 3 is 2.78 bits per heavy atom. The van der Waals surface area contributed by atoms with Crippen LogP contribution in [0.4, 0.5) is 17.5 Å².